The largest absolute Gasteiger partial charge is 0.326 e. The molecule has 0 fully saturated rings. The zero-order chi connectivity index (χ0) is 14.1. The molecule has 104 valence electrons. The Bertz CT molecular complexity index is 647. The van der Waals surface area contributed by atoms with Crippen LogP contribution in [0.1, 0.15) is 28.9 Å². The highest BCUT2D eigenvalue weighted by Crippen LogP contribution is 2.25. The third-order valence-corrected chi connectivity index (χ3v) is 4.11. The molecule has 2 aromatic rings. The van der Waals surface area contributed by atoms with E-state index < -0.39 is 0 Å². The number of fused-ring (bicyclic) bond motifs is 1. The molecule has 5 heteroatoms. The molecular formula is C15H18N4O. The summed E-state index contributed by atoms with van der Waals surface area (Å²) in [5.74, 6) is 0.0554. The van der Waals surface area contributed by atoms with Gasteiger partial charge in [-0.15, -0.1) is 0 Å². The van der Waals surface area contributed by atoms with Gasteiger partial charge in [0.1, 0.15) is 0 Å². The predicted octanol–water partition coefficient (Wildman–Crippen LogP) is 2.17. The van der Waals surface area contributed by atoms with E-state index in [1.165, 1.54) is 5.56 Å². The van der Waals surface area contributed by atoms with Crippen molar-refractivity contribution in [2.75, 3.05) is 5.32 Å². The summed E-state index contributed by atoms with van der Waals surface area (Å²) in [4.78, 5) is 12.4. The minimum Gasteiger partial charge on any atom is -0.326 e. The zero-order valence-corrected chi connectivity index (χ0v) is 11.7. The number of hydrogen-bond acceptors (Lipinski definition) is 3. The first kappa shape index (κ1) is 12.8. The van der Waals surface area contributed by atoms with Crippen molar-refractivity contribution in [2.45, 2.75) is 33.1 Å². The van der Waals surface area contributed by atoms with Crippen molar-refractivity contribution in [1.82, 2.24) is 15.4 Å². The summed E-state index contributed by atoms with van der Waals surface area (Å²) in [6.07, 6.45) is 2.31. The Morgan fingerprint density at radius 1 is 1.30 bits per heavy atom. The molecule has 20 heavy (non-hydrogen) atoms. The van der Waals surface area contributed by atoms with Crippen LogP contribution in [-0.2, 0) is 17.6 Å². The molecule has 1 aromatic carbocycles. The van der Waals surface area contributed by atoms with Gasteiger partial charge in [0.25, 0.3) is 0 Å². The number of benzene rings is 1. The molecule has 0 bridgehead atoms. The lowest BCUT2D eigenvalue weighted by Crippen LogP contribution is -2.28. The van der Waals surface area contributed by atoms with Crippen LogP contribution in [0.3, 0.4) is 0 Å². The summed E-state index contributed by atoms with van der Waals surface area (Å²) in [5, 5.41) is 13.9. The van der Waals surface area contributed by atoms with E-state index in [9.17, 15) is 4.79 Å². The number of nitrogens with one attached hydrogen (secondary N) is 2. The fourth-order valence-corrected chi connectivity index (χ4v) is 2.63. The lowest BCUT2D eigenvalue weighted by atomic mass is 9.89. The maximum absolute atomic E-state index is 12.4. The monoisotopic (exact) mass is 270 g/mol. The molecule has 0 saturated carbocycles. The van der Waals surface area contributed by atoms with Crippen LogP contribution in [0.4, 0.5) is 5.69 Å². The Morgan fingerprint density at radius 2 is 2.10 bits per heavy atom. The minimum atomic E-state index is -0.0208. The molecule has 1 atom stereocenters. The number of nitrogens with zero attached hydrogens (tertiary/aromatic N) is 2. The van der Waals surface area contributed by atoms with Crippen LogP contribution < -0.4 is 5.32 Å². The quantitative estimate of drug-likeness (QED) is 0.878. The second-order valence-corrected chi connectivity index (χ2v) is 5.39. The Balaban J connectivity index is 1.73. The number of anilines is 1. The van der Waals surface area contributed by atoms with Crippen LogP contribution >= 0.6 is 0 Å². The third-order valence-electron chi connectivity index (χ3n) is 4.11. The van der Waals surface area contributed by atoms with Crippen LogP contribution in [0.2, 0.25) is 0 Å². The van der Waals surface area contributed by atoms with E-state index in [0.29, 0.717) is 6.42 Å². The van der Waals surface area contributed by atoms with Crippen molar-refractivity contribution in [3.8, 4) is 0 Å². The summed E-state index contributed by atoms with van der Waals surface area (Å²) >= 11 is 0. The number of H-pyrrole nitrogens is 1. The Morgan fingerprint density at radius 3 is 2.95 bits per heavy atom. The second-order valence-electron chi connectivity index (χ2n) is 5.39. The van der Waals surface area contributed by atoms with Gasteiger partial charge in [-0.3, -0.25) is 4.79 Å². The number of hydrogen-bond donors (Lipinski definition) is 2. The molecule has 3 rings (SSSR count). The summed E-state index contributed by atoms with van der Waals surface area (Å²) < 4.78 is 0. The normalized spacial score (nSPS) is 17.6. The topological polar surface area (TPSA) is 70.7 Å². The van der Waals surface area contributed by atoms with Crippen molar-refractivity contribution in [3.05, 3.63) is 40.7 Å². The lowest BCUT2D eigenvalue weighted by Gasteiger charge is -2.20. The molecule has 0 spiro atoms. The predicted molar refractivity (Wildman–Crippen MR) is 76.4 cm³/mol. The van der Waals surface area contributed by atoms with Crippen LogP contribution in [0.15, 0.2) is 18.2 Å². The van der Waals surface area contributed by atoms with E-state index in [4.69, 9.17) is 0 Å². The SMILES string of the molecule is Cc1cccc(NC(=O)C2CCc3n[nH]nc3C2)c1C. The summed E-state index contributed by atoms with van der Waals surface area (Å²) in [6.45, 7) is 4.08. The molecule has 0 radical (unpaired) electrons. The second kappa shape index (κ2) is 5.07. The molecule has 1 unspecified atom stereocenters. The molecule has 0 saturated heterocycles. The van der Waals surface area contributed by atoms with Crippen molar-refractivity contribution in [2.24, 2.45) is 5.92 Å². The Hall–Kier alpha value is -2.17. The van der Waals surface area contributed by atoms with E-state index in [1.807, 2.05) is 32.0 Å². The fourth-order valence-electron chi connectivity index (χ4n) is 2.63. The van der Waals surface area contributed by atoms with E-state index in [-0.39, 0.29) is 11.8 Å². The van der Waals surface area contributed by atoms with Gasteiger partial charge in [-0.1, -0.05) is 12.1 Å². The highest BCUT2D eigenvalue weighted by molar-refractivity contribution is 5.93. The first-order valence-electron chi connectivity index (χ1n) is 6.90. The Labute approximate surface area is 117 Å². The number of aromatic nitrogens is 3. The van der Waals surface area contributed by atoms with E-state index in [1.54, 1.807) is 0 Å². The van der Waals surface area contributed by atoms with Gasteiger partial charge in [0.2, 0.25) is 5.91 Å². The van der Waals surface area contributed by atoms with E-state index in [2.05, 4.69) is 20.7 Å². The fraction of sp³-hybridized carbons (Fsp3) is 0.400. The van der Waals surface area contributed by atoms with Crippen LogP contribution in [0, 0.1) is 19.8 Å². The van der Waals surface area contributed by atoms with Crippen molar-refractivity contribution in [1.29, 1.82) is 0 Å². The van der Waals surface area contributed by atoms with Crippen molar-refractivity contribution in [3.63, 3.8) is 0 Å². The molecule has 5 nitrogen and oxygen atoms in total. The zero-order valence-electron chi connectivity index (χ0n) is 11.7. The number of aryl methyl sites for hydroxylation is 2. The van der Waals surface area contributed by atoms with Gasteiger partial charge in [-0.25, -0.2) is 0 Å². The standard InChI is InChI=1S/C15H18N4O/c1-9-4-3-5-12(10(9)2)16-15(20)11-6-7-13-14(8-11)18-19-17-13/h3-5,11H,6-8H2,1-2H3,(H,16,20)(H,17,18,19). The van der Waals surface area contributed by atoms with E-state index >= 15 is 0 Å². The van der Waals surface area contributed by atoms with Gasteiger partial charge in [-0.2, -0.15) is 15.4 Å². The van der Waals surface area contributed by atoms with Crippen molar-refractivity contribution >= 4 is 11.6 Å². The van der Waals surface area contributed by atoms with Crippen LogP contribution in [-0.4, -0.2) is 21.3 Å². The third kappa shape index (κ3) is 2.31. The molecule has 1 aromatic heterocycles. The number of rotatable bonds is 2. The van der Waals surface area contributed by atoms with Gasteiger partial charge < -0.3 is 5.32 Å². The van der Waals surface area contributed by atoms with E-state index in [0.717, 1.165) is 35.5 Å². The first-order chi connectivity index (χ1) is 9.65. The smallest absolute Gasteiger partial charge is 0.227 e. The molecule has 2 N–H and O–H groups in total. The lowest BCUT2D eigenvalue weighted by molar-refractivity contribution is -0.120. The number of carbonyl (C=O) groups excluding carboxylic acids is 1. The van der Waals surface area contributed by atoms with Gasteiger partial charge in [0.15, 0.2) is 0 Å². The van der Waals surface area contributed by atoms with Gasteiger partial charge in [-0.05, 0) is 43.9 Å². The molecule has 1 heterocycles. The van der Waals surface area contributed by atoms with Gasteiger partial charge in [0.05, 0.1) is 11.4 Å². The molecule has 1 aliphatic carbocycles. The summed E-state index contributed by atoms with van der Waals surface area (Å²) in [6, 6.07) is 5.96. The molecule has 0 aliphatic heterocycles. The summed E-state index contributed by atoms with van der Waals surface area (Å²) in [7, 11) is 0. The van der Waals surface area contributed by atoms with Gasteiger partial charge in [0, 0.05) is 18.0 Å². The molecule has 1 amide bonds. The summed E-state index contributed by atoms with van der Waals surface area (Å²) in [5.41, 5.74) is 5.14. The average molecular weight is 270 g/mol. The first-order valence-corrected chi connectivity index (χ1v) is 6.90. The number of aromatic amines is 1. The maximum Gasteiger partial charge on any atom is 0.227 e. The van der Waals surface area contributed by atoms with Crippen LogP contribution in [0.25, 0.3) is 0 Å². The highest BCUT2D eigenvalue weighted by atomic mass is 16.1. The minimum absolute atomic E-state index is 0.0208. The van der Waals surface area contributed by atoms with Crippen LogP contribution in [0.5, 0.6) is 0 Å². The Kier molecular flexibility index (Phi) is 3.26. The van der Waals surface area contributed by atoms with Gasteiger partial charge >= 0.3 is 0 Å². The molecule has 1 aliphatic rings. The molecular weight excluding hydrogens is 252 g/mol. The van der Waals surface area contributed by atoms with Crippen molar-refractivity contribution < 1.29 is 4.79 Å². The number of amides is 1. The number of carbonyl (C=O) groups is 1. The maximum atomic E-state index is 12.4. The highest BCUT2D eigenvalue weighted by Gasteiger charge is 2.27. The average Bonchev–Trinajstić information content (AvgIpc) is 2.91.